The number of aromatic nitrogens is 4. The van der Waals surface area contributed by atoms with Crippen LogP contribution in [-0.4, -0.2) is 26.2 Å². The van der Waals surface area contributed by atoms with E-state index in [-0.39, 0.29) is 6.04 Å². The maximum Gasteiger partial charge on any atom is 0.254 e. The van der Waals surface area contributed by atoms with Crippen LogP contribution in [0.5, 0.6) is 5.75 Å². The lowest BCUT2D eigenvalue weighted by atomic mass is 10.0. The van der Waals surface area contributed by atoms with Crippen molar-refractivity contribution in [2.24, 2.45) is 0 Å². The van der Waals surface area contributed by atoms with E-state index in [1.807, 2.05) is 18.2 Å². The molecule has 0 aliphatic carbocycles. The van der Waals surface area contributed by atoms with E-state index in [0.29, 0.717) is 17.4 Å². The summed E-state index contributed by atoms with van der Waals surface area (Å²) in [6.07, 6.45) is 4.27. The molecule has 7 heteroatoms. The standard InChI is InChI=1S/C17H18ClN5O/c1-2-11-9-15(23-17(21-11)19-10-20-23)22-14-7-4-8-24-16-12(14)5-3-6-13(16)18/h3,5-6,9-10,14,22H,2,4,7-8H2,1H3. The van der Waals surface area contributed by atoms with Crippen molar-refractivity contribution in [2.45, 2.75) is 32.2 Å². The number of hydrogen-bond acceptors (Lipinski definition) is 5. The van der Waals surface area contributed by atoms with Crippen molar-refractivity contribution in [3.05, 3.63) is 46.9 Å². The van der Waals surface area contributed by atoms with Crippen molar-refractivity contribution in [3.63, 3.8) is 0 Å². The molecule has 3 aromatic rings. The lowest BCUT2D eigenvalue weighted by molar-refractivity contribution is 0.316. The molecule has 1 unspecified atom stereocenters. The molecule has 1 aromatic carbocycles. The Balaban J connectivity index is 1.76. The average Bonchev–Trinajstić information content (AvgIpc) is 2.97. The molecule has 0 radical (unpaired) electrons. The van der Waals surface area contributed by atoms with Gasteiger partial charge in [0.15, 0.2) is 0 Å². The molecule has 0 fully saturated rings. The van der Waals surface area contributed by atoms with Gasteiger partial charge in [-0.25, -0.2) is 4.98 Å². The highest BCUT2D eigenvalue weighted by Gasteiger charge is 2.22. The predicted octanol–water partition coefficient (Wildman–Crippen LogP) is 3.67. The van der Waals surface area contributed by atoms with Crippen LogP contribution in [0, 0.1) is 0 Å². The molecule has 2 aromatic heterocycles. The predicted molar refractivity (Wildman–Crippen MR) is 92.7 cm³/mol. The molecule has 1 atom stereocenters. The molecule has 24 heavy (non-hydrogen) atoms. The van der Waals surface area contributed by atoms with Crippen LogP contribution in [0.4, 0.5) is 5.82 Å². The summed E-state index contributed by atoms with van der Waals surface area (Å²) in [6, 6.07) is 8.00. The number of rotatable bonds is 3. The van der Waals surface area contributed by atoms with Crippen LogP contribution in [0.15, 0.2) is 30.6 Å². The molecule has 6 nitrogen and oxygen atoms in total. The summed E-state index contributed by atoms with van der Waals surface area (Å²) < 4.78 is 7.58. The van der Waals surface area contributed by atoms with Crippen LogP contribution in [0.2, 0.25) is 5.02 Å². The second kappa shape index (κ2) is 6.28. The van der Waals surface area contributed by atoms with E-state index in [1.54, 1.807) is 4.52 Å². The first-order chi connectivity index (χ1) is 11.8. The first kappa shape index (κ1) is 15.2. The van der Waals surface area contributed by atoms with E-state index in [0.717, 1.165) is 42.1 Å². The Morgan fingerprint density at radius 1 is 1.42 bits per heavy atom. The summed E-state index contributed by atoms with van der Waals surface area (Å²) in [4.78, 5) is 8.70. The van der Waals surface area contributed by atoms with Crippen LogP contribution in [-0.2, 0) is 6.42 Å². The van der Waals surface area contributed by atoms with Gasteiger partial charge in [-0.2, -0.15) is 14.6 Å². The fourth-order valence-electron chi connectivity index (χ4n) is 3.04. The zero-order valence-electron chi connectivity index (χ0n) is 13.4. The molecule has 124 valence electrons. The van der Waals surface area contributed by atoms with Gasteiger partial charge in [-0.05, 0) is 25.3 Å². The Morgan fingerprint density at radius 3 is 3.21 bits per heavy atom. The molecule has 1 aliphatic rings. The van der Waals surface area contributed by atoms with Gasteiger partial charge in [0.2, 0.25) is 0 Å². The Hall–Kier alpha value is -2.34. The normalized spacial score (nSPS) is 17.2. The number of hydrogen-bond donors (Lipinski definition) is 1. The Labute approximate surface area is 144 Å². The fourth-order valence-corrected chi connectivity index (χ4v) is 3.28. The van der Waals surface area contributed by atoms with Crippen molar-refractivity contribution in [3.8, 4) is 5.75 Å². The summed E-state index contributed by atoms with van der Waals surface area (Å²) in [6.45, 7) is 2.75. The molecule has 0 spiro atoms. The Morgan fingerprint density at radius 2 is 2.33 bits per heavy atom. The molecule has 1 N–H and O–H groups in total. The SMILES string of the molecule is CCc1cc(NC2CCCOc3c(Cl)cccc32)n2ncnc2n1. The minimum Gasteiger partial charge on any atom is -0.492 e. The van der Waals surface area contributed by atoms with Crippen LogP contribution in [0.3, 0.4) is 0 Å². The van der Waals surface area contributed by atoms with Crippen molar-refractivity contribution in [1.29, 1.82) is 0 Å². The fraction of sp³-hybridized carbons (Fsp3) is 0.353. The lowest BCUT2D eigenvalue weighted by Crippen LogP contribution is -2.14. The van der Waals surface area contributed by atoms with E-state index in [4.69, 9.17) is 16.3 Å². The quantitative estimate of drug-likeness (QED) is 0.786. The van der Waals surface area contributed by atoms with Crippen LogP contribution in [0.1, 0.15) is 37.1 Å². The zero-order valence-corrected chi connectivity index (χ0v) is 14.1. The molecule has 1 aliphatic heterocycles. The van der Waals surface area contributed by atoms with E-state index in [1.165, 1.54) is 6.33 Å². The Kier molecular flexibility index (Phi) is 3.98. The number of anilines is 1. The highest BCUT2D eigenvalue weighted by atomic mass is 35.5. The summed E-state index contributed by atoms with van der Waals surface area (Å²) in [5.74, 6) is 2.26. The summed E-state index contributed by atoms with van der Waals surface area (Å²) in [7, 11) is 0. The summed E-state index contributed by atoms with van der Waals surface area (Å²) in [5.41, 5.74) is 2.05. The topological polar surface area (TPSA) is 64.3 Å². The van der Waals surface area contributed by atoms with Crippen molar-refractivity contribution >= 4 is 23.2 Å². The maximum atomic E-state index is 6.32. The van der Waals surface area contributed by atoms with Gasteiger partial charge in [-0.3, -0.25) is 0 Å². The minimum atomic E-state index is 0.0979. The van der Waals surface area contributed by atoms with Gasteiger partial charge >= 0.3 is 0 Å². The van der Waals surface area contributed by atoms with Crippen LogP contribution in [0.25, 0.3) is 5.78 Å². The van der Waals surface area contributed by atoms with Gasteiger partial charge in [-0.15, -0.1) is 0 Å². The molecule has 0 saturated carbocycles. The molecule has 3 heterocycles. The molecule has 0 bridgehead atoms. The highest BCUT2D eigenvalue weighted by Crippen LogP contribution is 2.38. The van der Waals surface area contributed by atoms with Gasteiger partial charge in [-0.1, -0.05) is 30.7 Å². The number of para-hydroxylation sites is 1. The first-order valence-electron chi connectivity index (χ1n) is 8.13. The summed E-state index contributed by atoms with van der Waals surface area (Å²) >= 11 is 6.32. The largest absolute Gasteiger partial charge is 0.492 e. The number of ether oxygens (including phenoxy) is 1. The van der Waals surface area contributed by atoms with Crippen LogP contribution >= 0.6 is 11.6 Å². The number of aryl methyl sites for hydroxylation is 1. The van der Waals surface area contributed by atoms with E-state index in [9.17, 15) is 0 Å². The second-order valence-corrected chi connectivity index (χ2v) is 6.21. The molecule has 0 amide bonds. The van der Waals surface area contributed by atoms with Gasteiger partial charge in [0, 0.05) is 17.3 Å². The van der Waals surface area contributed by atoms with Crippen molar-refractivity contribution in [1.82, 2.24) is 19.6 Å². The molecular weight excluding hydrogens is 326 g/mol. The van der Waals surface area contributed by atoms with Crippen molar-refractivity contribution in [2.75, 3.05) is 11.9 Å². The van der Waals surface area contributed by atoms with Gasteiger partial charge in [0.05, 0.1) is 17.7 Å². The maximum absolute atomic E-state index is 6.32. The monoisotopic (exact) mass is 343 g/mol. The average molecular weight is 344 g/mol. The van der Waals surface area contributed by atoms with Crippen LogP contribution < -0.4 is 10.1 Å². The number of fused-ring (bicyclic) bond motifs is 2. The van der Waals surface area contributed by atoms with Gasteiger partial charge in [0.25, 0.3) is 5.78 Å². The number of benzene rings is 1. The molecule has 4 rings (SSSR count). The third-order valence-corrected chi connectivity index (χ3v) is 4.54. The third kappa shape index (κ3) is 2.67. The smallest absolute Gasteiger partial charge is 0.254 e. The zero-order chi connectivity index (χ0) is 16.5. The number of halogens is 1. The van der Waals surface area contributed by atoms with E-state index >= 15 is 0 Å². The number of nitrogens with zero attached hydrogens (tertiary/aromatic N) is 4. The molecule has 0 saturated heterocycles. The third-order valence-electron chi connectivity index (χ3n) is 4.25. The van der Waals surface area contributed by atoms with E-state index < -0.39 is 0 Å². The second-order valence-electron chi connectivity index (χ2n) is 5.80. The van der Waals surface area contributed by atoms with Crippen molar-refractivity contribution < 1.29 is 4.74 Å². The van der Waals surface area contributed by atoms with E-state index in [2.05, 4.69) is 33.4 Å². The first-order valence-corrected chi connectivity index (χ1v) is 8.51. The Bertz CT molecular complexity index is 879. The molecular formula is C17H18ClN5O. The van der Waals surface area contributed by atoms with Gasteiger partial charge < -0.3 is 10.1 Å². The highest BCUT2D eigenvalue weighted by molar-refractivity contribution is 6.32. The van der Waals surface area contributed by atoms with Gasteiger partial charge in [0.1, 0.15) is 17.9 Å². The summed E-state index contributed by atoms with van der Waals surface area (Å²) in [5, 5.41) is 8.52. The minimum absolute atomic E-state index is 0.0979. The lowest BCUT2D eigenvalue weighted by Gasteiger charge is -2.20. The number of nitrogens with one attached hydrogen (secondary N) is 1.